The molecule has 1 aromatic heterocycles. The second-order valence-corrected chi connectivity index (χ2v) is 4.44. The third kappa shape index (κ3) is 1.99. The van der Waals surface area contributed by atoms with Gasteiger partial charge in [0.25, 0.3) is 0 Å². The highest BCUT2D eigenvalue weighted by Crippen LogP contribution is 2.40. The smallest absolute Gasteiger partial charge is 0.423 e. The van der Waals surface area contributed by atoms with Crippen LogP contribution in [0.15, 0.2) is 36.9 Å². The number of aromatic nitrogens is 2. The van der Waals surface area contributed by atoms with Crippen LogP contribution in [0, 0.1) is 0 Å². The molecule has 0 spiro atoms. The van der Waals surface area contributed by atoms with Crippen LogP contribution in [-0.4, -0.2) is 26.7 Å². The zero-order chi connectivity index (χ0) is 11.8. The first kappa shape index (κ1) is 10.6. The van der Waals surface area contributed by atoms with Gasteiger partial charge in [-0.3, -0.25) is 0 Å². The van der Waals surface area contributed by atoms with Gasteiger partial charge in [0.2, 0.25) is 0 Å². The summed E-state index contributed by atoms with van der Waals surface area (Å²) in [7, 11) is -1.46. The van der Waals surface area contributed by atoms with Crippen LogP contribution in [0.1, 0.15) is 24.3 Å². The topological polar surface area (TPSA) is 58.3 Å². The van der Waals surface area contributed by atoms with E-state index in [1.165, 1.54) is 18.4 Å². The van der Waals surface area contributed by atoms with Crippen LogP contribution >= 0.6 is 0 Å². The first-order valence-electron chi connectivity index (χ1n) is 5.74. The Morgan fingerprint density at radius 3 is 2.71 bits per heavy atom. The number of imidazole rings is 1. The standard InChI is InChI=1S/C12H13BN2O2/c16-13(17)11-4-3-10(9-1-2-9)7-12(11)15-6-5-14-8-15/h3-9,16-17H,1-2H2. The van der Waals surface area contributed by atoms with Crippen molar-refractivity contribution in [2.45, 2.75) is 18.8 Å². The van der Waals surface area contributed by atoms with Crippen molar-refractivity contribution in [3.63, 3.8) is 0 Å². The number of nitrogens with zero attached hydrogens (tertiary/aromatic N) is 2. The van der Waals surface area contributed by atoms with Crippen molar-refractivity contribution in [3.8, 4) is 5.69 Å². The molecule has 0 radical (unpaired) electrons. The van der Waals surface area contributed by atoms with E-state index in [2.05, 4.69) is 4.98 Å². The molecule has 1 saturated carbocycles. The molecule has 0 unspecified atom stereocenters. The predicted octanol–water partition coefficient (Wildman–Crippen LogP) is 0.429. The van der Waals surface area contributed by atoms with E-state index in [-0.39, 0.29) is 0 Å². The van der Waals surface area contributed by atoms with Crippen molar-refractivity contribution in [2.75, 3.05) is 0 Å². The van der Waals surface area contributed by atoms with Gasteiger partial charge >= 0.3 is 7.12 Å². The third-order valence-corrected chi connectivity index (χ3v) is 3.16. The quantitative estimate of drug-likeness (QED) is 0.749. The average molecular weight is 228 g/mol. The van der Waals surface area contributed by atoms with E-state index < -0.39 is 7.12 Å². The normalized spacial score (nSPS) is 14.9. The fourth-order valence-corrected chi connectivity index (χ4v) is 2.07. The highest BCUT2D eigenvalue weighted by atomic mass is 16.4. The number of hydrogen-bond acceptors (Lipinski definition) is 3. The van der Waals surface area contributed by atoms with Crippen LogP contribution in [0.5, 0.6) is 0 Å². The summed E-state index contributed by atoms with van der Waals surface area (Å²) in [6.45, 7) is 0. The Bertz CT molecular complexity index is 521. The maximum absolute atomic E-state index is 9.37. The van der Waals surface area contributed by atoms with E-state index >= 15 is 0 Å². The summed E-state index contributed by atoms with van der Waals surface area (Å²) in [5, 5.41) is 18.7. The molecule has 0 bridgehead atoms. The highest BCUT2D eigenvalue weighted by molar-refractivity contribution is 6.60. The minimum Gasteiger partial charge on any atom is -0.423 e. The van der Waals surface area contributed by atoms with Crippen molar-refractivity contribution in [1.82, 2.24) is 9.55 Å². The molecule has 1 fully saturated rings. The third-order valence-electron chi connectivity index (χ3n) is 3.16. The Morgan fingerprint density at radius 2 is 2.12 bits per heavy atom. The monoisotopic (exact) mass is 228 g/mol. The first-order chi connectivity index (χ1) is 8.25. The molecule has 2 N–H and O–H groups in total. The zero-order valence-corrected chi connectivity index (χ0v) is 9.32. The summed E-state index contributed by atoms with van der Waals surface area (Å²) >= 11 is 0. The van der Waals surface area contributed by atoms with Crippen molar-refractivity contribution < 1.29 is 10.0 Å². The van der Waals surface area contributed by atoms with E-state index in [0.29, 0.717) is 11.4 Å². The lowest BCUT2D eigenvalue weighted by Crippen LogP contribution is -2.33. The molecule has 0 aliphatic heterocycles. The summed E-state index contributed by atoms with van der Waals surface area (Å²) in [5.41, 5.74) is 2.56. The zero-order valence-electron chi connectivity index (χ0n) is 9.32. The molecule has 4 nitrogen and oxygen atoms in total. The van der Waals surface area contributed by atoms with Gasteiger partial charge in [-0.25, -0.2) is 4.98 Å². The fourth-order valence-electron chi connectivity index (χ4n) is 2.07. The van der Waals surface area contributed by atoms with E-state index in [1.807, 2.05) is 12.1 Å². The molecule has 1 aromatic carbocycles. The lowest BCUT2D eigenvalue weighted by molar-refractivity contribution is 0.425. The van der Waals surface area contributed by atoms with Crippen molar-refractivity contribution >= 4 is 12.6 Å². The SMILES string of the molecule is OB(O)c1ccc(C2CC2)cc1-n1ccnc1. The van der Waals surface area contributed by atoms with E-state index in [4.69, 9.17) is 0 Å². The Hall–Kier alpha value is -1.59. The van der Waals surface area contributed by atoms with Crippen LogP contribution in [-0.2, 0) is 0 Å². The molecule has 17 heavy (non-hydrogen) atoms. The van der Waals surface area contributed by atoms with Crippen LogP contribution in [0.2, 0.25) is 0 Å². The second-order valence-electron chi connectivity index (χ2n) is 4.44. The van der Waals surface area contributed by atoms with E-state index in [9.17, 15) is 10.0 Å². The van der Waals surface area contributed by atoms with Gasteiger partial charge in [0.05, 0.1) is 6.33 Å². The molecule has 1 aliphatic rings. The molecule has 3 rings (SSSR count). The van der Waals surface area contributed by atoms with Gasteiger partial charge < -0.3 is 14.6 Å². The second kappa shape index (κ2) is 4.02. The lowest BCUT2D eigenvalue weighted by atomic mass is 9.78. The number of rotatable bonds is 3. The summed E-state index contributed by atoms with van der Waals surface area (Å²) in [5.74, 6) is 0.641. The van der Waals surface area contributed by atoms with Gasteiger partial charge in [-0.05, 0) is 30.4 Å². The summed E-state index contributed by atoms with van der Waals surface area (Å²) < 4.78 is 1.81. The molecule has 1 aliphatic carbocycles. The first-order valence-corrected chi connectivity index (χ1v) is 5.74. The summed E-state index contributed by atoms with van der Waals surface area (Å²) in [4.78, 5) is 3.99. The minimum atomic E-state index is -1.46. The van der Waals surface area contributed by atoms with Crippen LogP contribution in [0.25, 0.3) is 5.69 Å². The number of benzene rings is 1. The Balaban J connectivity index is 2.10. The van der Waals surface area contributed by atoms with E-state index in [0.717, 1.165) is 5.69 Å². The van der Waals surface area contributed by atoms with Gasteiger partial charge in [-0.1, -0.05) is 12.1 Å². The van der Waals surface area contributed by atoms with Crippen molar-refractivity contribution in [3.05, 3.63) is 42.5 Å². The maximum atomic E-state index is 9.37. The molecular weight excluding hydrogens is 215 g/mol. The minimum absolute atomic E-state index is 0.507. The van der Waals surface area contributed by atoms with Crippen LogP contribution < -0.4 is 5.46 Å². The maximum Gasteiger partial charge on any atom is 0.490 e. The average Bonchev–Trinajstić information content (AvgIpc) is 3.04. The molecular formula is C12H13BN2O2. The van der Waals surface area contributed by atoms with Gasteiger partial charge in [0.15, 0.2) is 0 Å². The van der Waals surface area contributed by atoms with Gasteiger partial charge in [-0.15, -0.1) is 0 Å². The van der Waals surface area contributed by atoms with Gasteiger partial charge in [0, 0.05) is 23.5 Å². The highest BCUT2D eigenvalue weighted by Gasteiger charge is 2.25. The van der Waals surface area contributed by atoms with Crippen LogP contribution in [0.4, 0.5) is 0 Å². The lowest BCUT2D eigenvalue weighted by Gasteiger charge is -2.11. The molecule has 0 atom stereocenters. The molecule has 5 heteroatoms. The summed E-state index contributed by atoms with van der Waals surface area (Å²) in [6.07, 6.45) is 7.60. The Labute approximate surface area is 99.7 Å². The molecule has 2 aromatic rings. The summed E-state index contributed by atoms with van der Waals surface area (Å²) in [6, 6.07) is 5.79. The van der Waals surface area contributed by atoms with Crippen LogP contribution in [0.3, 0.4) is 0 Å². The Kier molecular flexibility index (Phi) is 2.50. The molecule has 1 heterocycles. The predicted molar refractivity (Wildman–Crippen MR) is 65.4 cm³/mol. The Morgan fingerprint density at radius 1 is 1.29 bits per heavy atom. The van der Waals surface area contributed by atoms with Crippen molar-refractivity contribution in [2.24, 2.45) is 0 Å². The fraction of sp³-hybridized carbons (Fsp3) is 0.250. The van der Waals surface area contributed by atoms with E-state index in [1.54, 1.807) is 29.4 Å². The van der Waals surface area contributed by atoms with Gasteiger partial charge in [-0.2, -0.15) is 0 Å². The van der Waals surface area contributed by atoms with Crippen molar-refractivity contribution in [1.29, 1.82) is 0 Å². The number of hydrogen-bond donors (Lipinski definition) is 2. The largest absolute Gasteiger partial charge is 0.490 e. The van der Waals surface area contributed by atoms with Gasteiger partial charge in [0.1, 0.15) is 0 Å². The molecule has 0 amide bonds. The molecule has 0 saturated heterocycles. The molecule has 86 valence electrons.